The number of hydrogen-bond acceptors (Lipinski definition) is 1. The second-order valence-corrected chi connectivity index (χ2v) is 12.8. The van der Waals surface area contributed by atoms with Gasteiger partial charge in [0.15, 0.2) is 0 Å². The van der Waals surface area contributed by atoms with Gasteiger partial charge in [-0.1, -0.05) is 152 Å². The third-order valence-electron chi connectivity index (χ3n) is 10.0. The summed E-state index contributed by atoms with van der Waals surface area (Å²) in [5, 5.41) is 9.70. The molecule has 10 aromatic rings. The third kappa shape index (κ3) is 4.47. The van der Waals surface area contributed by atoms with Crippen LogP contribution in [0.3, 0.4) is 0 Å². The van der Waals surface area contributed by atoms with Gasteiger partial charge in [0.1, 0.15) is 11.2 Å². The maximum atomic E-state index is 6.42. The van der Waals surface area contributed by atoms with E-state index in [1.165, 1.54) is 76.8 Å². The van der Waals surface area contributed by atoms with Crippen molar-refractivity contribution in [1.29, 1.82) is 0 Å². The van der Waals surface area contributed by atoms with Gasteiger partial charge in [0.2, 0.25) is 0 Å². The maximum absolute atomic E-state index is 6.42. The predicted octanol–water partition coefficient (Wildman–Crippen LogP) is 13.7. The van der Waals surface area contributed by atoms with Gasteiger partial charge in [-0.15, -0.1) is 0 Å². The summed E-state index contributed by atoms with van der Waals surface area (Å²) in [7, 11) is 0. The third-order valence-corrected chi connectivity index (χ3v) is 10.0. The van der Waals surface area contributed by atoms with Crippen molar-refractivity contribution in [2.45, 2.75) is 0 Å². The van der Waals surface area contributed by atoms with Crippen molar-refractivity contribution in [3.05, 3.63) is 182 Å². The molecule has 0 amide bonds. The quantitative estimate of drug-likeness (QED) is 0.178. The number of furan rings is 1. The van der Waals surface area contributed by atoms with Gasteiger partial charge >= 0.3 is 0 Å². The highest BCUT2D eigenvalue weighted by Gasteiger charge is 2.21. The van der Waals surface area contributed by atoms with Crippen LogP contribution in [0.4, 0.5) is 0 Å². The zero-order chi connectivity index (χ0) is 32.3. The molecule has 1 heterocycles. The van der Waals surface area contributed by atoms with Crippen LogP contribution in [-0.2, 0) is 0 Å². The average Bonchev–Trinajstić information content (AvgIpc) is 3.56. The minimum Gasteiger partial charge on any atom is -0.456 e. The summed E-state index contributed by atoms with van der Waals surface area (Å²) < 4.78 is 6.42. The SMILES string of the molecule is c1ccc(-c2cccc(-c3ccc4c(-c5ccc6ccccc6c5)c5ccccc5c(-c5cccc6oc7ccccc7c56)c4c3)c2)cc1. The lowest BCUT2D eigenvalue weighted by Gasteiger charge is -2.19. The van der Waals surface area contributed by atoms with Crippen molar-refractivity contribution in [3.8, 4) is 44.5 Å². The van der Waals surface area contributed by atoms with Gasteiger partial charge in [-0.2, -0.15) is 0 Å². The molecular formula is C48H30O. The Hall–Kier alpha value is -6.44. The second-order valence-electron chi connectivity index (χ2n) is 12.8. The van der Waals surface area contributed by atoms with Gasteiger partial charge in [0.05, 0.1) is 0 Å². The summed E-state index contributed by atoms with van der Waals surface area (Å²) in [6.45, 7) is 0. The van der Waals surface area contributed by atoms with Crippen molar-refractivity contribution in [2.24, 2.45) is 0 Å². The molecule has 9 aromatic carbocycles. The molecule has 228 valence electrons. The van der Waals surface area contributed by atoms with E-state index in [2.05, 4.69) is 176 Å². The van der Waals surface area contributed by atoms with E-state index in [1.54, 1.807) is 0 Å². The standard InChI is InChI=1S/C48H30O/c1-2-12-31(13-3-1)34-16-10-17-35(28-34)36-26-27-40-43(30-36)47(42-21-11-23-45-48(42)41-20-8-9-22-44(41)49-45)39-19-7-6-18-38(39)46(40)37-25-24-32-14-4-5-15-33(32)29-37/h1-30H. The van der Waals surface area contributed by atoms with Crippen LogP contribution in [0, 0.1) is 0 Å². The first kappa shape index (κ1) is 27.7. The zero-order valence-corrected chi connectivity index (χ0v) is 26.7. The van der Waals surface area contributed by atoms with E-state index in [9.17, 15) is 0 Å². The van der Waals surface area contributed by atoms with Gasteiger partial charge < -0.3 is 4.42 Å². The van der Waals surface area contributed by atoms with Crippen molar-refractivity contribution in [3.63, 3.8) is 0 Å². The molecule has 0 N–H and O–H groups in total. The molecule has 1 nitrogen and oxygen atoms in total. The summed E-state index contributed by atoms with van der Waals surface area (Å²) in [5.74, 6) is 0. The minimum atomic E-state index is 0.904. The van der Waals surface area contributed by atoms with E-state index >= 15 is 0 Å². The molecule has 0 aliphatic carbocycles. The summed E-state index contributed by atoms with van der Waals surface area (Å²) >= 11 is 0. The molecule has 0 atom stereocenters. The summed E-state index contributed by atoms with van der Waals surface area (Å²) in [6, 6.07) is 65.9. The molecule has 1 aromatic heterocycles. The number of para-hydroxylation sites is 1. The lowest BCUT2D eigenvalue weighted by molar-refractivity contribution is 0.669. The number of fused-ring (bicyclic) bond motifs is 6. The Morgan fingerprint density at radius 3 is 1.73 bits per heavy atom. The average molecular weight is 623 g/mol. The molecule has 49 heavy (non-hydrogen) atoms. The molecule has 10 rings (SSSR count). The van der Waals surface area contributed by atoms with Crippen LogP contribution in [0.2, 0.25) is 0 Å². The van der Waals surface area contributed by atoms with E-state index in [0.717, 1.165) is 21.9 Å². The van der Waals surface area contributed by atoms with Crippen molar-refractivity contribution in [1.82, 2.24) is 0 Å². The van der Waals surface area contributed by atoms with Crippen molar-refractivity contribution < 1.29 is 4.42 Å². The van der Waals surface area contributed by atoms with Crippen LogP contribution in [0.1, 0.15) is 0 Å². The fourth-order valence-corrected chi connectivity index (χ4v) is 7.80. The molecule has 0 unspecified atom stereocenters. The molecule has 0 fully saturated rings. The van der Waals surface area contributed by atoms with E-state index in [1.807, 2.05) is 6.07 Å². The minimum absolute atomic E-state index is 0.904. The Kier molecular flexibility index (Phi) is 6.25. The topological polar surface area (TPSA) is 13.1 Å². The van der Waals surface area contributed by atoms with Crippen LogP contribution in [0.5, 0.6) is 0 Å². The number of rotatable bonds is 4. The van der Waals surface area contributed by atoms with Gasteiger partial charge in [-0.05, 0) is 107 Å². The molecule has 0 bridgehead atoms. The van der Waals surface area contributed by atoms with Crippen LogP contribution < -0.4 is 0 Å². The van der Waals surface area contributed by atoms with Crippen LogP contribution in [0.15, 0.2) is 186 Å². The smallest absolute Gasteiger partial charge is 0.136 e. The molecule has 0 radical (unpaired) electrons. The molecule has 0 aliphatic rings. The fraction of sp³-hybridized carbons (Fsp3) is 0. The number of benzene rings is 9. The largest absolute Gasteiger partial charge is 0.456 e. The van der Waals surface area contributed by atoms with Gasteiger partial charge in [0, 0.05) is 10.8 Å². The van der Waals surface area contributed by atoms with Crippen LogP contribution in [-0.4, -0.2) is 0 Å². The fourth-order valence-electron chi connectivity index (χ4n) is 7.80. The Labute approximate surface area is 284 Å². The van der Waals surface area contributed by atoms with Gasteiger partial charge in [-0.3, -0.25) is 0 Å². The molecule has 1 heteroatoms. The molecule has 0 aliphatic heterocycles. The Morgan fingerprint density at radius 1 is 0.286 bits per heavy atom. The normalized spacial score (nSPS) is 11.7. The Morgan fingerprint density at radius 2 is 0.878 bits per heavy atom. The highest BCUT2D eigenvalue weighted by Crippen LogP contribution is 2.48. The van der Waals surface area contributed by atoms with Gasteiger partial charge in [-0.25, -0.2) is 0 Å². The van der Waals surface area contributed by atoms with Crippen molar-refractivity contribution >= 4 is 54.3 Å². The lowest BCUT2D eigenvalue weighted by atomic mass is 9.83. The molecular weight excluding hydrogens is 593 g/mol. The number of hydrogen-bond donors (Lipinski definition) is 0. The van der Waals surface area contributed by atoms with Crippen molar-refractivity contribution in [2.75, 3.05) is 0 Å². The first-order valence-electron chi connectivity index (χ1n) is 16.8. The van der Waals surface area contributed by atoms with E-state index in [4.69, 9.17) is 4.42 Å². The summed E-state index contributed by atoms with van der Waals surface area (Å²) in [5.41, 5.74) is 11.5. The van der Waals surface area contributed by atoms with E-state index in [-0.39, 0.29) is 0 Å². The Balaban J connectivity index is 1.33. The molecule has 0 spiro atoms. The molecule has 0 saturated carbocycles. The summed E-state index contributed by atoms with van der Waals surface area (Å²) in [6.07, 6.45) is 0. The van der Waals surface area contributed by atoms with E-state index in [0.29, 0.717) is 0 Å². The van der Waals surface area contributed by atoms with Crippen LogP contribution in [0.25, 0.3) is 98.8 Å². The van der Waals surface area contributed by atoms with Gasteiger partial charge in [0.25, 0.3) is 0 Å². The van der Waals surface area contributed by atoms with Crippen LogP contribution >= 0.6 is 0 Å². The first-order valence-corrected chi connectivity index (χ1v) is 16.8. The highest BCUT2D eigenvalue weighted by molar-refractivity contribution is 6.26. The summed E-state index contributed by atoms with van der Waals surface area (Å²) in [4.78, 5) is 0. The monoisotopic (exact) mass is 622 g/mol. The first-order chi connectivity index (χ1) is 24.3. The highest BCUT2D eigenvalue weighted by atomic mass is 16.3. The predicted molar refractivity (Wildman–Crippen MR) is 208 cm³/mol. The maximum Gasteiger partial charge on any atom is 0.136 e. The lowest BCUT2D eigenvalue weighted by Crippen LogP contribution is -1.92. The zero-order valence-electron chi connectivity index (χ0n) is 26.7. The van der Waals surface area contributed by atoms with E-state index < -0.39 is 0 Å². The Bertz CT molecular complexity index is 2870. The molecule has 0 saturated heterocycles. The second kappa shape index (κ2) is 11.1.